The van der Waals surface area contributed by atoms with Crippen molar-refractivity contribution < 1.29 is 5.11 Å². The summed E-state index contributed by atoms with van der Waals surface area (Å²) in [7, 11) is 0. The van der Waals surface area contributed by atoms with Crippen molar-refractivity contribution >= 4 is 0 Å². The Morgan fingerprint density at radius 3 is 2.16 bits per heavy atom. The van der Waals surface area contributed by atoms with Gasteiger partial charge in [0.05, 0.1) is 6.10 Å². The molecule has 0 spiro atoms. The molecule has 6 rings (SSSR count). The van der Waals surface area contributed by atoms with E-state index in [0.717, 1.165) is 30.1 Å². The lowest BCUT2D eigenvalue weighted by atomic mass is 9.35. The zero-order valence-electron chi connectivity index (χ0n) is 21.7. The molecule has 0 aromatic carbocycles. The second-order valence-electron chi connectivity index (χ2n) is 15.4. The van der Waals surface area contributed by atoms with E-state index in [2.05, 4.69) is 48.5 Å². The van der Waals surface area contributed by atoms with E-state index in [1.165, 1.54) is 57.8 Å². The van der Waals surface area contributed by atoms with Crippen LogP contribution < -0.4 is 0 Å². The second kappa shape index (κ2) is 5.95. The number of aliphatic hydroxyl groups excluding tert-OH is 1. The first-order valence-electron chi connectivity index (χ1n) is 14.1. The van der Waals surface area contributed by atoms with Crippen molar-refractivity contribution in [3.63, 3.8) is 0 Å². The highest BCUT2D eigenvalue weighted by atomic mass is 16.3. The first-order valence-corrected chi connectivity index (χ1v) is 14.1. The third-order valence-corrected chi connectivity index (χ3v) is 14.5. The van der Waals surface area contributed by atoms with E-state index < -0.39 is 0 Å². The van der Waals surface area contributed by atoms with E-state index in [-0.39, 0.29) is 11.5 Å². The lowest BCUT2D eigenvalue weighted by molar-refractivity contribution is -0.223. The molecule has 0 radical (unpaired) electrons. The standard InChI is InChI=1S/C30H50O/c1-19-8-12-26(5)16-17-30-18-29(30,24(26)20(19)2)15-10-22-27(6)13-11-23(31)25(3,4)21(27)9-14-28(22,30)7/h19-24,31H,8-18H2,1-7H3/t19-,20+,21+,22-,23+,24-,26-,27-,28+,29-,30-/m1/s1. The van der Waals surface area contributed by atoms with Gasteiger partial charge >= 0.3 is 0 Å². The molecule has 0 bridgehead atoms. The van der Waals surface area contributed by atoms with Gasteiger partial charge in [0.1, 0.15) is 0 Å². The summed E-state index contributed by atoms with van der Waals surface area (Å²) in [6.45, 7) is 18.2. The molecule has 0 amide bonds. The van der Waals surface area contributed by atoms with Crippen LogP contribution in [0.15, 0.2) is 0 Å². The molecular weight excluding hydrogens is 376 g/mol. The Hall–Kier alpha value is -0.0400. The van der Waals surface area contributed by atoms with E-state index in [9.17, 15) is 5.11 Å². The number of hydrogen-bond donors (Lipinski definition) is 1. The SMILES string of the molecule is C[C@H]1[C@H](C)CC[C@]2(C)CC[C@]34C[C@]3(CC[C@@H]3[C@]5(C)CC[C@H](O)C(C)(C)[C@@H]5CC[C@@]34C)[C@H]12. The van der Waals surface area contributed by atoms with Gasteiger partial charge in [-0.15, -0.1) is 0 Å². The summed E-state index contributed by atoms with van der Waals surface area (Å²) in [5.41, 5.74) is 3.00. The van der Waals surface area contributed by atoms with Crippen LogP contribution in [0.2, 0.25) is 0 Å². The van der Waals surface area contributed by atoms with Gasteiger partial charge in [0.2, 0.25) is 0 Å². The lowest BCUT2D eigenvalue weighted by Crippen LogP contribution is -2.64. The average Bonchev–Trinajstić information content (AvgIpc) is 3.39. The fraction of sp³-hybridized carbons (Fsp3) is 1.00. The predicted molar refractivity (Wildman–Crippen MR) is 129 cm³/mol. The predicted octanol–water partition coefficient (Wildman–Crippen LogP) is 7.86. The van der Waals surface area contributed by atoms with Crippen LogP contribution in [0.1, 0.15) is 119 Å². The van der Waals surface area contributed by atoms with Crippen molar-refractivity contribution in [1.29, 1.82) is 0 Å². The molecule has 0 aromatic heterocycles. The largest absolute Gasteiger partial charge is 0.393 e. The molecule has 31 heavy (non-hydrogen) atoms. The van der Waals surface area contributed by atoms with Crippen LogP contribution in [0.4, 0.5) is 0 Å². The summed E-state index contributed by atoms with van der Waals surface area (Å²) >= 11 is 0. The van der Waals surface area contributed by atoms with Gasteiger partial charge in [-0.3, -0.25) is 0 Å². The first kappa shape index (κ1) is 21.5. The summed E-state index contributed by atoms with van der Waals surface area (Å²) in [5, 5.41) is 10.9. The average molecular weight is 427 g/mol. The molecule has 6 aliphatic carbocycles. The smallest absolute Gasteiger partial charge is 0.0594 e. The van der Waals surface area contributed by atoms with E-state index in [1.54, 1.807) is 6.42 Å². The normalized spacial score (nSPS) is 64.3. The molecule has 0 unspecified atom stereocenters. The topological polar surface area (TPSA) is 20.2 Å². The molecule has 0 aliphatic heterocycles. The molecule has 6 saturated carbocycles. The Kier molecular flexibility index (Phi) is 4.13. The fourth-order valence-corrected chi connectivity index (χ4v) is 12.8. The Bertz CT molecular complexity index is 785. The van der Waals surface area contributed by atoms with Gasteiger partial charge in [-0.05, 0) is 133 Å². The fourth-order valence-electron chi connectivity index (χ4n) is 12.8. The number of hydrogen-bond acceptors (Lipinski definition) is 1. The van der Waals surface area contributed by atoms with Crippen molar-refractivity contribution in [2.75, 3.05) is 0 Å². The van der Waals surface area contributed by atoms with Crippen LogP contribution in [0.25, 0.3) is 0 Å². The molecule has 176 valence electrons. The highest BCUT2D eigenvalue weighted by Crippen LogP contribution is 2.91. The molecule has 6 fully saturated rings. The molecule has 0 heterocycles. The molecule has 11 atom stereocenters. The highest BCUT2D eigenvalue weighted by molar-refractivity contribution is 5.32. The maximum atomic E-state index is 10.9. The molecule has 1 N–H and O–H groups in total. The minimum Gasteiger partial charge on any atom is -0.393 e. The Labute approximate surface area is 192 Å². The van der Waals surface area contributed by atoms with Crippen molar-refractivity contribution in [1.82, 2.24) is 0 Å². The van der Waals surface area contributed by atoms with Crippen LogP contribution in [0.3, 0.4) is 0 Å². The van der Waals surface area contributed by atoms with Crippen molar-refractivity contribution in [2.24, 2.45) is 62.1 Å². The molecule has 1 nitrogen and oxygen atoms in total. The zero-order valence-corrected chi connectivity index (χ0v) is 21.7. The molecular formula is C30H50O. The second-order valence-corrected chi connectivity index (χ2v) is 15.4. The van der Waals surface area contributed by atoms with Crippen molar-refractivity contribution in [2.45, 2.75) is 125 Å². The van der Waals surface area contributed by atoms with E-state index >= 15 is 0 Å². The van der Waals surface area contributed by atoms with Gasteiger partial charge in [0, 0.05) is 0 Å². The quantitative estimate of drug-likeness (QED) is 0.418. The summed E-state index contributed by atoms with van der Waals surface area (Å²) in [4.78, 5) is 0. The number of fused-ring (bicyclic) bond motifs is 4. The number of rotatable bonds is 0. The third kappa shape index (κ3) is 2.21. The summed E-state index contributed by atoms with van der Waals surface area (Å²) in [5.74, 6) is 4.39. The molecule has 0 aromatic rings. The van der Waals surface area contributed by atoms with Gasteiger partial charge < -0.3 is 5.11 Å². The van der Waals surface area contributed by atoms with Crippen molar-refractivity contribution in [3.8, 4) is 0 Å². The molecule has 6 aliphatic rings. The van der Waals surface area contributed by atoms with E-state index in [0.29, 0.717) is 33.0 Å². The van der Waals surface area contributed by atoms with Crippen LogP contribution in [0.5, 0.6) is 0 Å². The Balaban J connectivity index is 1.40. The van der Waals surface area contributed by atoms with Gasteiger partial charge in [0.15, 0.2) is 0 Å². The molecule has 1 heteroatoms. The summed E-state index contributed by atoms with van der Waals surface area (Å²) in [6.07, 6.45) is 15.5. The first-order chi connectivity index (χ1) is 14.4. The monoisotopic (exact) mass is 426 g/mol. The Morgan fingerprint density at radius 1 is 0.710 bits per heavy atom. The van der Waals surface area contributed by atoms with Crippen LogP contribution >= 0.6 is 0 Å². The summed E-state index contributed by atoms with van der Waals surface area (Å²) < 4.78 is 0. The van der Waals surface area contributed by atoms with Crippen LogP contribution in [0, 0.1) is 62.1 Å². The van der Waals surface area contributed by atoms with Gasteiger partial charge in [-0.25, -0.2) is 0 Å². The minimum absolute atomic E-state index is 0.0858. The van der Waals surface area contributed by atoms with Crippen LogP contribution in [-0.4, -0.2) is 11.2 Å². The molecule has 0 saturated heterocycles. The van der Waals surface area contributed by atoms with E-state index in [4.69, 9.17) is 0 Å². The maximum absolute atomic E-state index is 10.9. The summed E-state index contributed by atoms with van der Waals surface area (Å²) in [6, 6.07) is 0. The van der Waals surface area contributed by atoms with Crippen molar-refractivity contribution in [3.05, 3.63) is 0 Å². The number of aliphatic hydroxyl groups is 1. The highest BCUT2D eigenvalue weighted by Gasteiger charge is 2.84. The minimum atomic E-state index is -0.100. The van der Waals surface area contributed by atoms with Gasteiger partial charge in [-0.2, -0.15) is 0 Å². The lowest BCUT2D eigenvalue weighted by Gasteiger charge is -2.70. The van der Waals surface area contributed by atoms with Gasteiger partial charge in [-0.1, -0.05) is 48.5 Å². The zero-order chi connectivity index (χ0) is 22.2. The third-order valence-electron chi connectivity index (χ3n) is 14.5. The maximum Gasteiger partial charge on any atom is 0.0594 e. The van der Waals surface area contributed by atoms with Gasteiger partial charge in [0.25, 0.3) is 0 Å². The van der Waals surface area contributed by atoms with E-state index in [1.807, 2.05) is 0 Å². The van der Waals surface area contributed by atoms with Crippen LogP contribution in [-0.2, 0) is 0 Å². The Morgan fingerprint density at radius 2 is 1.42 bits per heavy atom.